The molecule has 0 aromatic heterocycles. The van der Waals surface area contributed by atoms with Crippen LogP contribution < -0.4 is 0 Å². The van der Waals surface area contributed by atoms with Crippen LogP contribution in [-0.4, -0.2) is 22.2 Å². The maximum absolute atomic E-state index is 13.4. The van der Waals surface area contributed by atoms with Crippen molar-refractivity contribution in [3.63, 3.8) is 0 Å². The number of carboxylic acid groups (broad SMARTS) is 2. The summed E-state index contributed by atoms with van der Waals surface area (Å²) in [4.78, 5) is 22.6. The van der Waals surface area contributed by atoms with Crippen LogP contribution in [0.4, 0.5) is 4.39 Å². The summed E-state index contributed by atoms with van der Waals surface area (Å²) < 4.78 is 13.4. The van der Waals surface area contributed by atoms with E-state index in [1.165, 1.54) is 33.8 Å². The van der Waals surface area contributed by atoms with Crippen LogP contribution in [0.5, 0.6) is 0 Å². The lowest BCUT2D eigenvalue weighted by Gasteiger charge is -2.29. The molecule has 2 N–H and O–H groups in total. The Morgan fingerprint density at radius 3 is 1.79 bits per heavy atom. The predicted molar refractivity (Wildman–Crippen MR) is 67.7 cm³/mol. The average Bonchev–Trinajstić information content (AvgIpc) is 2.27. The summed E-state index contributed by atoms with van der Waals surface area (Å²) in [6.07, 6.45) is 0. The van der Waals surface area contributed by atoms with Gasteiger partial charge in [0.15, 0.2) is 0 Å². The Kier molecular flexibility index (Phi) is 3.70. The van der Waals surface area contributed by atoms with Crippen molar-refractivity contribution in [2.24, 2.45) is 0 Å². The fourth-order valence-electron chi connectivity index (χ4n) is 1.81. The molecule has 0 heterocycles. The van der Waals surface area contributed by atoms with E-state index in [0.29, 0.717) is 5.56 Å². The number of rotatable bonds is 4. The van der Waals surface area contributed by atoms with Gasteiger partial charge in [-0.1, -0.05) is 6.07 Å². The Hall–Kier alpha value is -1.91. The van der Waals surface area contributed by atoms with Gasteiger partial charge in [-0.3, -0.25) is 9.59 Å². The van der Waals surface area contributed by atoms with Crippen LogP contribution in [0.2, 0.25) is 0 Å². The first-order chi connectivity index (χ1) is 8.51. The van der Waals surface area contributed by atoms with Crippen molar-refractivity contribution in [3.8, 4) is 0 Å². The summed E-state index contributed by atoms with van der Waals surface area (Å²) in [7, 11) is 0. The van der Waals surface area contributed by atoms with Crippen LogP contribution in [0.1, 0.15) is 38.8 Å². The molecule has 0 unspecified atom stereocenters. The predicted octanol–water partition coefficient (Wildman–Crippen LogP) is 2.55. The molecule has 0 radical (unpaired) electrons. The van der Waals surface area contributed by atoms with Crippen molar-refractivity contribution in [2.75, 3.05) is 0 Å². The minimum atomic E-state index is -1.37. The van der Waals surface area contributed by atoms with Gasteiger partial charge in [-0.05, 0) is 51.0 Å². The van der Waals surface area contributed by atoms with E-state index in [4.69, 9.17) is 0 Å². The summed E-state index contributed by atoms with van der Waals surface area (Å²) in [5, 5.41) is 18.5. The average molecular weight is 268 g/mol. The van der Waals surface area contributed by atoms with E-state index in [2.05, 4.69) is 0 Å². The van der Waals surface area contributed by atoms with E-state index in [1.54, 1.807) is 0 Å². The Morgan fingerprint density at radius 2 is 1.37 bits per heavy atom. The molecule has 0 aliphatic heterocycles. The molecule has 1 aromatic carbocycles. The lowest BCUT2D eigenvalue weighted by molar-refractivity contribution is -0.144. The monoisotopic (exact) mass is 268 g/mol. The minimum Gasteiger partial charge on any atom is -0.481 e. The summed E-state index contributed by atoms with van der Waals surface area (Å²) >= 11 is 0. The highest BCUT2D eigenvalue weighted by atomic mass is 19.1. The van der Waals surface area contributed by atoms with Crippen LogP contribution in [0.3, 0.4) is 0 Å². The van der Waals surface area contributed by atoms with Gasteiger partial charge in [0.25, 0.3) is 0 Å². The second-order valence-electron chi connectivity index (χ2n) is 5.55. The van der Waals surface area contributed by atoms with Crippen molar-refractivity contribution >= 4 is 11.9 Å². The molecule has 0 amide bonds. The van der Waals surface area contributed by atoms with Crippen LogP contribution in [0, 0.1) is 5.82 Å². The molecule has 0 saturated heterocycles. The third kappa shape index (κ3) is 2.59. The normalized spacial score (nSPS) is 12.3. The van der Waals surface area contributed by atoms with Crippen LogP contribution in [-0.2, 0) is 20.4 Å². The zero-order valence-electron chi connectivity index (χ0n) is 11.3. The molecule has 104 valence electrons. The third-order valence-electron chi connectivity index (χ3n) is 3.40. The first-order valence-corrected chi connectivity index (χ1v) is 5.78. The number of aliphatic carboxylic acids is 2. The minimum absolute atomic E-state index is 0.174. The highest BCUT2D eigenvalue weighted by molar-refractivity contribution is 5.85. The Balaban J connectivity index is 3.60. The van der Waals surface area contributed by atoms with Crippen molar-refractivity contribution in [3.05, 3.63) is 35.1 Å². The van der Waals surface area contributed by atoms with E-state index in [0.717, 1.165) is 12.1 Å². The Labute approximate surface area is 110 Å². The van der Waals surface area contributed by atoms with Crippen molar-refractivity contribution in [1.29, 1.82) is 0 Å². The van der Waals surface area contributed by atoms with Gasteiger partial charge in [-0.15, -0.1) is 0 Å². The van der Waals surface area contributed by atoms with E-state index < -0.39 is 28.6 Å². The quantitative estimate of drug-likeness (QED) is 0.880. The van der Waals surface area contributed by atoms with Crippen molar-refractivity contribution < 1.29 is 24.2 Å². The first kappa shape index (κ1) is 15.1. The van der Waals surface area contributed by atoms with Crippen LogP contribution >= 0.6 is 0 Å². The van der Waals surface area contributed by atoms with Crippen LogP contribution in [0.15, 0.2) is 18.2 Å². The highest BCUT2D eigenvalue weighted by Crippen LogP contribution is 2.35. The summed E-state index contributed by atoms with van der Waals surface area (Å²) in [5.74, 6) is -2.82. The molecule has 1 aromatic rings. The van der Waals surface area contributed by atoms with Gasteiger partial charge in [0.1, 0.15) is 5.82 Å². The lowest BCUT2D eigenvalue weighted by Crippen LogP contribution is -2.36. The van der Waals surface area contributed by atoms with Gasteiger partial charge in [0.2, 0.25) is 0 Å². The topological polar surface area (TPSA) is 74.6 Å². The zero-order chi connectivity index (χ0) is 15.0. The van der Waals surface area contributed by atoms with Gasteiger partial charge in [-0.2, -0.15) is 0 Å². The Bertz CT molecular complexity index is 532. The smallest absolute Gasteiger partial charge is 0.313 e. The number of benzene rings is 1. The molecule has 0 saturated carbocycles. The van der Waals surface area contributed by atoms with Crippen molar-refractivity contribution in [2.45, 2.75) is 38.5 Å². The fourth-order valence-corrected chi connectivity index (χ4v) is 1.81. The molecule has 1 rings (SSSR count). The molecule has 19 heavy (non-hydrogen) atoms. The largest absolute Gasteiger partial charge is 0.481 e. The summed E-state index contributed by atoms with van der Waals surface area (Å²) in [6, 6.07) is 3.57. The SMILES string of the molecule is CC(C)(C(=O)O)c1ccc(F)cc1C(C)(C)C(=O)O. The second-order valence-corrected chi connectivity index (χ2v) is 5.55. The zero-order valence-corrected chi connectivity index (χ0v) is 11.3. The van der Waals surface area contributed by atoms with Gasteiger partial charge in [-0.25, -0.2) is 4.39 Å². The molecular formula is C14H17FO4. The molecule has 0 spiro atoms. The number of halogens is 1. The Morgan fingerprint density at radius 1 is 0.947 bits per heavy atom. The van der Waals surface area contributed by atoms with E-state index in [-0.39, 0.29) is 5.56 Å². The number of hydrogen-bond acceptors (Lipinski definition) is 2. The maximum Gasteiger partial charge on any atom is 0.313 e. The second kappa shape index (κ2) is 4.64. The van der Waals surface area contributed by atoms with Crippen molar-refractivity contribution in [1.82, 2.24) is 0 Å². The summed E-state index contributed by atoms with van der Waals surface area (Å²) in [5.41, 5.74) is -2.19. The van der Waals surface area contributed by atoms with E-state index in [1.807, 2.05) is 0 Å². The molecule has 0 aliphatic rings. The molecular weight excluding hydrogens is 251 g/mol. The summed E-state index contributed by atoms with van der Waals surface area (Å²) in [6.45, 7) is 5.77. The van der Waals surface area contributed by atoms with Gasteiger partial charge in [0.05, 0.1) is 10.8 Å². The lowest BCUT2D eigenvalue weighted by atomic mass is 9.73. The van der Waals surface area contributed by atoms with Gasteiger partial charge in [0, 0.05) is 0 Å². The van der Waals surface area contributed by atoms with Crippen LogP contribution in [0.25, 0.3) is 0 Å². The molecule has 0 fully saturated rings. The number of carboxylic acids is 2. The molecule has 0 aliphatic carbocycles. The molecule has 4 nitrogen and oxygen atoms in total. The maximum atomic E-state index is 13.4. The first-order valence-electron chi connectivity index (χ1n) is 5.78. The fraction of sp³-hybridized carbons (Fsp3) is 0.429. The molecule has 0 atom stereocenters. The number of hydrogen-bond donors (Lipinski definition) is 2. The van der Waals surface area contributed by atoms with E-state index in [9.17, 15) is 24.2 Å². The number of carbonyl (C=O) groups is 2. The third-order valence-corrected chi connectivity index (χ3v) is 3.40. The molecule has 0 bridgehead atoms. The molecule has 5 heteroatoms. The van der Waals surface area contributed by atoms with Gasteiger partial charge >= 0.3 is 11.9 Å². The standard InChI is InChI=1S/C14H17FO4/c1-13(2,11(16)17)9-6-5-8(15)7-10(9)14(3,4)12(18)19/h5-7H,1-4H3,(H,16,17)(H,18,19). The van der Waals surface area contributed by atoms with Gasteiger partial charge < -0.3 is 10.2 Å². The highest BCUT2D eigenvalue weighted by Gasteiger charge is 2.39. The van der Waals surface area contributed by atoms with E-state index >= 15 is 0 Å².